The quantitative estimate of drug-likeness (QED) is 0.798. The Morgan fingerprint density at radius 2 is 2.24 bits per heavy atom. The Bertz CT molecular complexity index is 390. The molecule has 2 N–H and O–H groups in total. The molecule has 3 nitrogen and oxygen atoms in total. The summed E-state index contributed by atoms with van der Waals surface area (Å²) in [7, 11) is 0. The number of rotatable bonds is 2. The summed E-state index contributed by atoms with van der Waals surface area (Å²) in [6.45, 7) is 9.32. The molecule has 0 bridgehead atoms. The number of nitrogen functional groups attached to an aromatic ring is 1. The number of morpholine rings is 1. The van der Waals surface area contributed by atoms with Gasteiger partial charge in [0.25, 0.3) is 0 Å². The van der Waals surface area contributed by atoms with Gasteiger partial charge < -0.3 is 10.5 Å². The minimum atomic E-state index is -0.0575. The molecule has 0 spiro atoms. The van der Waals surface area contributed by atoms with Crippen LogP contribution in [-0.2, 0) is 11.3 Å². The van der Waals surface area contributed by atoms with Crippen LogP contribution in [0.3, 0.4) is 0 Å². The van der Waals surface area contributed by atoms with E-state index in [4.69, 9.17) is 10.5 Å². The average molecular weight is 234 g/mol. The van der Waals surface area contributed by atoms with Crippen LogP contribution < -0.4 is 5.73 Å². The van der Waals surface area contributed by atoms with Crippen molar-refractivity contribution in [1.29, 1.82) is 0 Å². The fourth-order valence-corrected chi connectivity index (χ4v) is 2.66. The van der Waals surface area contributed by atoms with Gasteiger partial charge in [-0.05, 0) is 38.5 Å². The first kappa shape index (κ1) is 12.4. The highest BCUT2D eigenvalue weighted by molar-refractivity contribution is 5.40. The molecule has 1 aromatic rings. The van der Waals surface area contributed by atoms with Gasteiger partial charge >= 0.3 is 0 Å². The largest absolute Gasteiger partial charge is 0.399 e. The topological polar surface area (TPSA) is 38.5 Å². The molecule has 1 aliphatic rings. The van der Waals surface area contributed by atoms with Crippen molar-refractivity contribution in [3.63, 3.8) is 0 Å². The van der Waals surface area contributed by atoms with Crippen LogP contribution in [0.2, 0.25) is 0 Å². The monoisotopic (exact) mass is 234 g/mol. The summed E-state index contributed by atoms with van der Waals surface area (Å²) in [5.41, 5.74) is 7.85. The lowest BCUT2D eigenvalue weighted by Gasteiger charge is -2.41. The number of anilines is 1. The van der Waals surface area contributed by atoms with Gasteiger partial charge in [-0.2, -0.15) is 0 Å². The second-order valence-electron chi connectivity index (χ2n) is 5.60. The van der Waals surface area contributed by atoms with Gasteiger partial charge in [-0.25, -0.2) is 0 Å². The van der Waals surface area contributed by atoms with E-state index in [2.05, 4.69) is 31.7 Å². The molecule has 0 aromatic heterocycles. The molecule has 17 heavy (non-hydrogen) atoms. The second-order valence-corrected chi connectivity index (χ2v) is 5.60. The summed E-state index contributed by atoms with van der Waals surface area (Å²) >= 11 is 0. The lowest BCUT2D eigenvalue weighted by atomic mass is 10.0. The Morgan fingerprint density at radius 1 is 1.47 bits per heavy atom. The molecule has 1 heterocycles. The first-order valence-electron chi connectivity index (χ1n) is 6.19. The summed E-state index contributed by atoms with van der Waals surface area (Å²) < 4.78 is 5.90. The highest BCUT2D eigenvalue weighted by atomic mass is 16.5. The lowest BCUT2D eigenvalue weighted by molar-refractivity contribution is -0.130. The third kappa shape index (κ3) is 3.45. The third-order valence-electron chi connectivity index (χ3n) is 3.00. The van der Waals surface area contributed by atoms with Gasteiger partial charge in [-0.1, -0.05) is 12.1 Å². The van der Waals surface area contributed by atoms with Gasteiger partial charge in [-0.15, -0.1) is 0 Å². The fraction of sp³-hybridized carbons (Fsp3) is 0.571. The van der Waals surface area contributed by atoms with Gasteiger partial charge in [0.15, 0.2) is 0 Å². The molecule has 1 aromatic carbocycles. The number of nitrogens with two attached hydrogens (primary N) is 1. The summed E-state index contributed by atoms with van der Waals surface area (Å²) in [5, 5.41) is 0. The molecule has 0 saturated carbocycles. The molecule has 2 rings (SSSR count). The van der Waals surface area contributed by atoms with E-state index in [1.165, 1.54) is 5.56 Å². The number of ether oxygens (including phenoxy) is 1. The van der Waals surface area contributed by atoms with E-state index >= 15 is 0 Å². The summed E-state index contributed by atoms with van der Waals surface area (Å²) in [5.74, 6) is 0. The molecule has 1 fully saturated rings. The molecule has 0 radical (unpaired) electrons. The van der Waals surface area contributed by atoms with Crippen LogP contribution in [0.25, 0.3) is 0 Å². The van der Waals surface area contributed by atoms with Crippen molar-refractivity contribution < 1.29 is 4.74 Å². The van der Waals surface area contributed by atoms with Gasteiger partial charge in [0.2, 0.25) is 0 Å². The van der Waals surface area contributed by atoms with Crippen molar-refractivity contribution in [2.45, 2.75) is 39.0 Å². The van der Waals surface area contributed by atoms with Gasteiger partial charge in [0.05, 0.1) is 11.7 Å². The minimum absolute atomic E-state index is 0.0575. The molecule has 1 aliphatic heterocycles. The third-order valence-corrected chi connectivity index (χ3v) is 3.00. The average Bonchev–Trinajstić information content (AvgIpc) is 2.13. The van der Waals surface area contributed by atoms with Crippen molar-refractivity contribution in [2.75, 3.05) is 18.8 Å². The van der Waals surface area contributed by atoms with Crippen molar-refractivity contribution in [3.05, 3.63) is 29.8 Å². The summed E-state index contributed by atoms with van der Waals surface area (Å²) in [6.07, 6.45) is 0.291. The van der Waals surface area contributed by atoms with Gasteiger partial charge in [0, 0.05) is 25.3 Å². The molecular formula is C14H22N2O. The Morgan fingerprint density at radius 3 is 2.88 bits per heavy atom. The van der Waals surface area contributed by atoms with E-state index in [9.17, 15) is 0 Å². The minimum Gasteiger partial charge on any atom is -0.399 e. The zero-order valence-corrected chi connectivity index (χ0v) is 10.9. The first-order valence-corrected chi connectivity index (χ1v) is 6.19. The van der Waals surface area contributed by atoms with E-state index in [0.717, 1.165) is 25.3 Å². The van der Waals surface area contributed by atoms with Gasteiger partial charge in [0.1, 0.15) is 0 Å². The number of benzene rings is 1. The standard InChI is InChI=1S/C14H22N2O/c1-11-8-16(10-14(2,3)17-11)9-12-5-4-6-13(15)7-12/h4-7,11H,8-10,15H2,1-3H3. The summed E-state index contributed by atoms with van der Waals surface area (Å²) in [4.78, 5) is 2.43. The van der Waals surface area contributed by atoms with Crippen LogP contribution in [0.1, 0.15) is 26.3 Å². The van der Waals surface area contributed by atoms with Crippen LogP contribution in [0.5, 0.6) is 0 Å². The van der Waals surface area contributed by atoms with Crippen LogP contribution in [-0.4, -0.2) is 29.7 Å². The van der Waals surface area contributed by atoms with E-state index in [-0.39, 0.29) is 5.60 Å². The molecule has 1 saturated heterocycles. The predicted molar refractivity (Wildman–Crippen MR) is 70.8 cm³/mol. The molecule has 1 unspecified atom stereocenters. The highest BCUT2D eigenvalue weighted by Crippen LogP contribution is 2.22. The van der Waals surface area contributed by atoms with Crippen LogP contribution in [0, 0.1) is 0 Å². The van der Waals surface area contributed by atoms with E-state index in [0.29, 0.717) is 6.10 Å². The SMILES string of the molecule is CC1CN(Cc2cccc(N)c2)CC(C)(C)O1. The smallest absolute Gasteiger partial charge is 0.0757 e. The van der Waals surface area contributed by atoms with E-state index < -0.39 is 0 Å². The van der Waals surface area contributed by atoms with Crippen LogP contribution in [0.4, 0.5) is 5.69 Å². The summed E-state index contributed by atoms with van der Waals surface area (Å²) in [6, 6.07) is 8.12. The molecule has 1 atom stereocenters. The van der Waals surface area contributed by atoms with Crippen LogP contribution in [0.15, 0.2) is 24.3 Å². The van der Waals surface area contributed by atoms with E-state index in [1.807, 2.05) is 18.2 Å². The zero-order chi connectivity index (χ0) is 12.5. The maximum Gasteiger partial charge on any atom is 0.0757 e. The van der Waals surface area contributed by atoms with Crippen molar-refractivity contribution in [1.82, 2.24) is 4.90 Å². The van der Waals surface area contributed by atoms with Crippen molar-refractivity contribution in [2.24, 2.45) is 0 Å². The lowest BCUT2D eigenvalue weighted by Crippen LogP contribution is -2.51. The normalized spacial score (nSPS) is 24.8. The number of hydrogen-bond donors (Lipinski definition) is 1. The molecule has 94 valence electrons. The number of nitrogens with zero attached hydrogens (tertiary/aromatic N) is 1. The predicted octanol–water partition coefficient (Wildman–Crippen LogP) is 2.27. The zero-order valence-electron chi connectivity index (χ0n) is 10.9. The first-order chi connectivity index (χ1) is 7.94. The van der Waals surface area contributed by atoms with Crippen LogP contribution >= 0.6 is 0 Å². The highest BCUT2D eigenvalue weighted by Gasteiger charge is 2.30. The van der Waals surface area contributed by atoms with Gasteiger partial charge in [-0.3, -0.25) is 4.90 Å². The fourth-order valence-electron chi connectivity index (χ4n) is 2.66. The van der Waals surface area contributed by atoms with E-state index in [1.54, 1.807) is 0 Å². The number of hydrogen-bond acceptors (Lipinski definition) is 3. The Kier molecular flexibility index (Phi) is 3.40. The maximum atomic E-state index is 5.90. The molecule has 0 amide bonds. The molecular weight excluding hydrogens is 212 g/mol. The van der Waals surface area contributed by atoms with Crippen molar-refractivity contribution in [3.8, 4) is 0 Å². The van der Waals surface area contributed by atoms with Crippen molar-refractivity contribution >= 4 is 5.69 Å². The molecule has 0 aliphatic carbocycles. The Labute approximate surface area is 104 Å². The second kappa shape index (κ2) is 4.67. The molecule has 3 heteroatoms. The maximum absolute atomic E-state index is 5.90. The Hall–Kier alpha value is -1.06. The Balaban J connectivity index is 2.03.